The van der Waals surface area contributed by atoms with Crippen molar-refractivity contribution < 1.29 is 4.79 Å². The van der Waals surface area contributed by atoms with E-state index in [1.165, 1.54) is 5.39 Å². The van der Waals surface area contributed by atoms with Crippen molar-refractivity contribution in [1.29, 1.82) is 0 Å². The van der Waals surface area contributed by atoms with E-state index < -0.39 is 0 Å². The second-order valence-electron chi connectivity index (χ2n) is 6.02. The molecule has 1 aliphatic heterocycles. The third-order valence-electron chi connectivity index (χ3n) is 4.47. The van der Waals surface area contributed by atoms with E-state index in [-0.39, 0.29) is 18.3 Å². The first-order chi connectivity index (χ1) is 11.3. The van der Waals surface area contributed by atoms with E-state index in [0.29, 0.717) is 13.1 Å². The van der Waals surface area contributed by atoms with Crippen molar-refractivity contribution >= 4 is 34.8 Å². The van der Waals surface area contributed by atoms with Crippen LogP contribution in [0.3, 0.4) is 0 Å². The van der Waals surface area contributed by atoms with E-state index in [1.807, 2.05) is 36.1 Å². The lowest BCUT2D eigenvalue weighted by atomic mass is 10.1. The van der Waals surface area contributed by atoms with Crippen LogP contribution in [0.1, 0.15) is 13.3 Å². The summed E-state index contributed by atoms with van der Waals surface area (Å²) in [5.74, 6) is 0.186. The molecule has 1 amide bonds. The zero-order chi connectivity index (χ0) is 16.1. The SMILES string of the molecule is CCN(C(=O)CN1CCCNCC1)c1cccc2ccccc12.Cl. The summed E-state index contributed by atoms with van der Waals surface area (Å²) < 4.78 is 0. The van der Waals surface area contributed by atoms with E-state index >= 15 is 0 Å². The molecule has 0 aromatic heterocycles. The molecular formula is C19H26ClN3O. The monoisotopic (exact) mass is 347 g/mol. The van der Waals surface area contributed by atoms with Gasteiger partial charge in [-0.05, 0) is 37.9 Å². The summed E-state index contributed by atoms with van der Waals surface area (Å²) in [4.78, 5) is 17.0. The maximum absolute atomic E-state index is 12.9. The van der Waals surface area contributed by atoms with Gasteiger partial charge in [0, 0.05) is 25.0 Å². The van der Waals surface area contributed by atoms with E-state index in [4.69, 9.17) is 0 Å². The second-order valence-corrected chi connectivity index (χ2v) is 6.02. The zero-order valence-electron chi connectivity index (χ0n) is 14.2. The van der Waals surface area contributed by atoms with Gasteiger partial charge in [0.2, 0.25) is 5.91 Å². The number of amides is 1. The molecule has 4 nitrogen and oxygen atoms in total. The van der Waals surface area contributed by atoms with Gasteiger partial charge in [0.05, 0.1) is 12.2 Å². The van der Waals surface area contributed by atoms with Gasteiger partial charge in [0.25, 0.3) is 0 Å². The molecule has 24 heavy (non-hydrogen) atoms. The van der Waals surface area contributed by atoms with Gasteiger partial charge in [-0.25, -0.2) is 0 Å². The van der Waals surface area contributed by atoms with Crippen LogP contribution in [0.2, 0.25) is 0 Å². The van der Waals surface area contributed by atoms with Crippen LogP contribution >= 0.6 is 12.4 Å². The van der Waals surface area contributed by atoms with Crippen molar-refractivity contribution in [1.82, 2.24) is 10.2 Å². The van der Waals surface area contributed by atoms with Crippen LogP contribution in [0.4, 0.5) is 5.69 Å². The van der Waals surface area contributed by atoms with E-state index in [2.05, 4.69) is 28.4 Å². The van der Waals surface area contributed by atoms with Gasteiger partial charge in [0.15, 0.2) is 0 Å². The fourth-order valence-electron chi connectivity index (χ4n) is 3.26. The molecule has 2 aromatic rings. The predicted octanol–water partition coefficient (Wildman–Crippen LogP) is 2.91. The van der Waals surface area contributed by atoms with E-state index in [0.717, 1.165) is 43.7 Å². The minimum Gasteiger partial charge on any atom is -0.315 e. The van der Waals surface area contributed by atoms with Gasteiger partial charge in [-0.1, -0.05) is 36.4 Å². The maximum Gasteiger partial charge on any atom is 0.241 e. The first kappa shape index (κ1) is 18.7. The summed E-state index contributed by atoms with van der Waals surface area (Å²) in [5, 5.41) is 5.70. The van der Waals surface area contributed by atoms with Gasteiger partial charge >= 0.3 is 0 Å². The van der Waals surface area contributed by atoms with Gasteiger partial charge in [-0.15, -0.1) is 12.4 Å². The topological polar surface area (TPSA) is 35.6 Å². The van der Waals surface area contributed by atoms with Gasteiger partial charge in [-0.2, -0.15) is 0 Å². The second kappa shape index (κ2) is 9.02. The van der Waals surface area contributed by atoms with E-state index in [1.54, 1.807) is 0 Å². The Morgan fingerprint density at radius 2 is 1.92 bits per heavy atom. The van der Waals surface area contributed by atoms with Gasteiger partial charge in [0.1, 0.15) is 0 Å². The maximum atomic E-state index is 12.9. The standard InChI is InChI=1S/C19H25N3O.ClH/c1-2-22(19(23)15-21-13-6-11-20-12-14-21)18-10-5-8-16-7-3-4-9-17(16)18;/h3-5,7-10,20H,2,6,11-15H2,1H3;1H. The molecular weight excluding hydrogens is 322 g/mol. The highest BCUT2D eigenvalue weighted by Gasteiger charge is 2.19. The Kier molecular flexibility index (Phi) is 7.03. The number of likely N-dealkylation sites (N-methyl/N-ethyl adjacent to an activating group) is 1. The highest BCUT2D eigenvalue weighted by molar-refractivity contribution is 6.04. The molecule has 0 spiro atoms. The van der Waals surface area contributed by atoms with Crippen molar-refractivity contribution in [2.75, 3.05) is 44.2 Å². The molecule has 1 fully saturated rings. The quantitative estimate of drug-likeness (QED) is 0.923. The number of benzene rings is 2. The van der Waals surface area contributed by atoms with Crippen LogP contribution in [-0.2, 0) is 4.79 Å². The lowest BCUT2D eigenvalue weighted by Gasteiger charge is -2.26. The first-order valence-electron chi connectivity index (χ1n) is 8.51. The average Bonchev–Trinajstić information content (AvgIpc) is 2.84. The molecule has 5 heteroatoms. The minimum absolute atomic E-state index is 0. The number of carbonyl (C=O) groups excluding carboxylic acids is 1. The third-order valence-corrected chi connectivity index (χ3v) is 4.47. The smallest absolute Gasteiger partial charge is 0.241 e. The number of hydrogen-bond acceptors (Lipinski definition) is 3. The Morgan fingerprint density at radius 1 is 1.12 bits per heavy atom. The number of nitrogens with zero attached hydrogens (tertiary/aromatic N) is 2. The Labute approximate surface area is 150 Å². The largest absolute Gasteiger partial charge is 0.315 e. The summed E-state index contributed by atoms with van der Waals surface area (Å²) in [7, 11) is 0. The number of nitrogens with one attached hydrogen (secondary N) is 1. The Bertz CT molecular complexity index is 663. The molecule has 2 aromatic carbocycles. The highest BCUT2D eigenvalue weighted by Crippen LogP contribution is 2.26. The lowest BCUT2D eigenvalue weighted by molar-refractivity contribution is -0.119. The molecule has 0 aliphatic carbocycles. The van der Waals surface area contributed by atoms with Crippen molar-refractivity contribution in [2.24, 2.45) is 0 Å². The number of fused-ring (bicyclic) bond motifs is 1. The normalized spacial score (nSPS) is 15.5. The van der Waals surface area contributed by atoms with E-state index in [9.17, 15) is 4.79 Å². The van der Waals surface area contributed by atoms with Crippen LogP contribution in [0.5, 0.6) is 0 Å². The summed E-state index contributed by atoms with van der Waals surface area (Å²) in [6.07, 6.45) is 1.10. The number of hydrogen-bond donors (Lipinski definition) is 1. The van der Waals surface area contributed by atoms with Crippen LogP contribution < -0.4 is 10.2 Å². The molecule has 0 bridgehead atoms. The van der Waals surface area contributed by atoms with Crippen molar-refractivity contribution in [3.8, 4) is 0 Å². The predicted molar refractivity (Wildman–Crippen MR) is 103 cm³/mol. The van der Waals surface area contributed by atoms with Crippen LogP contribution in [0.25, 0.3) is 10.8 Å². The molecule has 1 heterocycles. The number of rotatable bonds is 4. The molecule has 0 atom stereocenters. The van der Waals surface area contributed by atoms with Gasteiger partial charge in [-0.3, -0.25) is 9.69 Å². The highest BCUT2D eigenvalue weighted by atomic mass is 35.5. The minimum atomic E-state index is 0. The number of carbonyl (C=O) groups is 1. The average molecular weight is 348 g/mol. The summed E-state index contributed by atoms with van der Waals surface area (Å²) in [5.41, 5.74) is 1.02. The van der Waals surface area contributed by atoms with Crippen LogP contribution in [-0.4, -0.2) is 50.1 Å². The fraction of sp³-hybridized carbons (Fsp3) is 0.421. The van der Waals surface area contributed by atoms with Crippen LogP contribution in [0.15, 0.2) is 42.5 Å². The first-order valence-corrected chi connectivity index (χ1v) is 8.51. The number of halogens is 1. The van der Waals surface area contributed by atoms with Crippen molar-refractivity contribution in [2.45, 2.75) is 13.3 Å². The van der Waals surface area contributed by atoms with Gasteiger partial charge < -0.3 is 10.2 Å². The molecule has 0 radical (unpaired) electrons. The Balaban J connectivity index is 0.00000208. The lowest BCUT2D eigenvalue weighted by Crippen LogP contribution is -2.41. The zero-order valence-corrected chi connectivity index (χ0v) is 15.0. The molecule has 3 rings (SSSR count). The molecule has 130 valence electrons. The molecule has 0 unspecified atom stereocenters. The summed E-state index contributed by atoms with van der Waals surface area (Å²) in [6, 6.07) is 14.4. The van der Waals surface area contributed by atoms with Crippen molar-refractivity contribution in [3.05, 3.63) is 42.5 Å². The number of anilines is 1. The third kappa shape index (κ3) is 4.26. The Morgan fingerprint density at radius 3 is 2.75 bits per heavy atom. The molecule has 1 saturated heterocycles. The molecule has 0 saturated carbocycles. The fourth-order valence-corrected chi connectivity index (χ4v) is 3.26. The Hall–Kier alpha value is -1.62. The van der Waals surface area contributed by atoms with Crippen LogP contribution in [0, 0.1) is 0 Å². The summed E-state index contributed by atoms with van der Waals surface area (Å²) in [6.45, 7) is 7.19. The van der Waals surface area contributed by atoms with Crippen molar-refractivity contribution in [3.63, 3.8) is 0 Å². The molecule has 1 aliphatic rings. The summed E-state index contributed by atoms with van der Waals surface area (Å²) >= 11 is 0. The molecule has 1 N–H and O–H groups in total.